The predicted molar refractivity (Wildman–Crippen MR) is 102 cm³/mol. The summed E-state index contributed by atoms with van der Waals surface area (Å²) in [7, 11) is 0. The number of carbonyl (C=O) groups excluding carboxylic acids is 1. The molecule has 0 aliphatic carbocycles. The van der Waals surface area contributed by atoms with Crippen molar-refractivity contribution in [2.45, 2.75) is 27.2 Å². The molecule has 3 aromatic heterocycles. The fraction of sp³-hybridized carbons (Fsp3) is 0.190. The van der Waals surface area contributed by atoms with Crippen LogP contribution in [0.4, 0.5) is 0 Å². The molecule has 4 aromatic rings. The van der Waals surface area contributed by atoms with Gasteiger partial charge >= 0.3 is 0 Å². The minimum atomic E-state index is -1.20. The Balaban J connectivity index is 1.82. The zero-order valence-electron chi connectivity index (χ0n) is 15.7. The number of fused-ring (bicyclic) bond motifs is 1. The number of aliphatic carboxylic acids is 1. The van der Waals surface area contributed by atoms with Crippen LogP contribution < -0.4 is 5.11 Å². The van der Waals surface area contributed by atoms with Gasteiger partial charge in [0.1, 0.15) is 11.3 Å². The highest BCUT2D eigenvalue weighted by Crippen LogP contribution is 2.28. The van der Waals surface area contributed by atoms with E-state index in [0.29, 0.717) is 28.3 Å². The lowest BCUT2D eigenvalue weighted by Crippen LogP contribution is -2.22. The van der Waals surface area contributed by atoms with Gasteiger partial charge in [-0.2, -0.15) is 0 Å². The fourth-order valence-corrected chi connectivity index (χ4v) is 3.29. The standard InChI is InChI=1S/C21H19N3O4/c1-12-8-15(14(3)24(12)19-9-13(2)28-23-19)10-16(11-20(25)26)21-22-17-6-4-5-7-18(17)27-21/h4-10H,11H2,1-3H3,(H,25,26)/p-1/b16-10+. The Morgan fingerprint density at radius 2 is 2.00 bits per heavy atom. The van der Waals surface area contributed by atoms with E-state index in [1.807, 2.05) is 55.7 Å². The molecule has 0 amide bonds. The Morgan fingerprint density at radius 3 is 2.68 bits per heavy atom. The van der Waals surface area contributed by atoms with Gasteiger partial charge in [0.15, 0.2) is 11.4 Å². The van der Waals surface area contributed by atoms with Gasteiger partial charge < -0.3 is 18.8 Å². The molecule has 0 atom stereocenters. The van der Waals surface area contributed by atoms with Crippen LogP contribution in [0.3, 0.4) is 0 Å². The fourth-order valence-electron chi connectivity index (χ4n) is 3.29. The molecule has 0 aliphatic rings. The molecule has 4 rings (SSSR count). The van der Waals surface area contributed by atoms with Crippen LogP contribution in [0, 0.1) is 20.8 Å². The first-order valence-corrected chi connectivity index (χ1v) is 8.81. The predicted octanol–water partition coefficient (Wildman–Crippen LogP) is 3.21. The number of carboxylic acid groups (broad SMARTS) is 1. The molecule has 0 fully saturated rings. The number of oxazole rings is 1. The van der Waals surface area contributed by atoms with Crippen molar-refractivity contribution >= 4 is 28.7 Å². The SMILES string of the molecule is Cc1cc(-n2c(C)cc(/C=C(\CC(=O)[O-])c3nc4ccccc4o3)c2C)no1. The number of carbonyl (C=O) groups is 1. The molecular formula is C21H18N3O4-. The van der Waals surface area contributed by atoms with Crippen molar-refractivity contribution in [2.24, 2.45) is 0 Å². The van der Waals surface area contributed by atoms with Gasteiger partial charge in [0, 0.05) is 35.4 Å². The quantitative estimate of drug-likeness (QED) is 0.530. The first kappa shape index (κ1) is 17.8. The Morgan fingerprint density at radius 1 is 1.21 bits per heavy atom. The third-order valence-corrected chi connectivity index (χ3v) is 4.55. The highest BCUT2D eigenvalue weighted by Gasteiger charge is 2.16. The summed E-state index contributed by atoms with van der Waals surface area (Å²) in [4.78, 5) is 15.7. The van der Waals surface area contributed by atoms with Crippen molar-refractivity contribution in [3.8, 4) is 5.82 Å². The largest absolute Gasteiger partial charge is 0.550 e. The first-order valence-electron chi connectivity index (χ1n) is 8.81. The molecule has 7 heteroatoms. The van der Waals surface area contributed by atoms with Crippen molar-refractivity contribution < 1.29 is 18.8 Å². The van der Waals surface area contributed by atoms with Crippen LogP contribution in [0.2, 0.25) is 0 Å². The van der Waals surface area contributed by atoms with E-state index >= 15 is 0 Å². The van der Waals surface area contributed by atoms with Gasteiger partial charge in [-0.3, -0.25) is 4.57 Å². The number of aromatic nitrogens is 3. The molecule has 0 N–H and O–H groups in total. The summed E-state index contributed by atoms with van der Waals surface area (Å²) < 4.78 is 12.9. The zero-order chi connectivity index (χ0) is 19.8. The van der Waals surface area contributed by atoms with Gasteiger partial charge in [-0.15, -0.1) is 0 Å². The molecule has 3 heterocycles. The summed E-state index contributed by atoms with van der Waals surface area (Å²) in [5.74, 6) is 0.459. The van der Waals surface area contributed by atoms with E-state index in [1.165, 1.54) is 0 Å². The molecule has 0 radical (unpaired) electrons. The third-order valence-electron chi connectivity index (χ3n) is 4.55. The first-order chi connectivity index (χ1) is 13.4. The van der Waals surface area contributed by atoms with Gasteiger partial charge in [0.25, 0.3) is 0 Å². The van der Waals surface area contributed by atoms with E-state index in [1.54, 1.807) is 12.1 Å². The van der Waals surface area contributed by atoms with Crippen LogP contribution in [0.25, 0.3) is 28.6 Å². The van der Waals surface area contributed by atoms with Crippen LogP contribution in [-0.2, 0) is 4.79 Å². The number of carboxylic acids is 1. The van der Waals surface area contributed by atoms with E-state index < -0.39 is 5.97 Å². The van der Waals surface area contributed by atoms with Crippen molar-refractivity contribution in [1.29, 1.82) is 0 Å². The van der Waals surface area contributed by atoms with Crippen LogP contribution >= 0.6 is 0 Å². The molecular weight excluding hydrogens is 358 g/mol. The molecule has 0 aliphatic heterocycles. The third kappa shape index (κ3) is 3.22. The molecule has 7 nitrogen and oxygen atoms in total. The summed E-state index contributed by atoms with van der Waals surface area (Å²) in [6, 6.07) is 11.1. The van der Waals surface area contributed by atoms with Crippen LogP contribution in [0.5, 0.6) is 0 Å². The molecule has 0 saturated heterocycles. The van der Waals surface area contributed by atoms with Crippen molar-refractivity contribution in [3.05, 3.63) is 65.0 Å². The van der Waals surface area contributed by atoms with Crippen LogP contribution in [-0.4, -0.2) is 20.7 Å². The van der Waals surface area contributed by atoms with Crippen molar-refractivity contribution in [2.75, 3.05) is 0 Å². The van der Waals surface area contributed by atoms with Crippen molar-refractivity contribution in [3.63, 3.8) is 0 Å². The second kappa shape index (κ2) is 6.84. The highest BCUT2D eigenvalue weighted by molar-refractivity contribution is 5.90. The summed E-state index contributed by atoms with van der Waals surface area (Å²) in [5.41, 5.74) is 4.40. The smallest absolute Gasteiger partial charge is 0.223 e. The second-order valence-corrected chi connectivity index (χ2v) is 6.66. The number of benzene rings is 1. The topological polar surface area (TPSA) is 97.1 Å². The lowest BCUT2D eigenvalue weighted by Gasteiger charge is -2.06. The van der Waals surface area contributed by atoms with Gasteiger partial charge in [-0.05, 0) is 50.6 Å². The maximum atomic E-state index is 11.3. The molecule has 1 aromatic carbocycles. The lowest BCUT2D eigenvalue weighted by atomic mass is 10.1. The van der Waals surface area contributed by atoms with E-state index in [0.717, 1.165) is 17.0 Å². The van der Waals surface area contributed by atoms with E-state index in [2.05, 4.69) is 10.1 Å². The highest BCUT2D eigenvalue weighted by atomic mass is 16.5. The average molecular weight is 376 g/mol. The summed E-state index contributed by atoms with van der Waals surface area (Å²) >= 11 is 0. The molecule has 0 spiro atoms. The maximum Gasteiger partial charge on any atom is 0.223 e. The second-order valence-electron chi connectivity index (χ2n) is 6.66. The monoisotopic (exact) mass is 376 g/mol. The summed E-state index contributed by atoms with van der Waals surface area (Å²) in [6.45, 7) is 5.72. The Bertz CT molecular complexity index is 1180. The number of aryl methyl sites for hydroxylation is 2. The minimum Gasteiger partial charge on any atom is -0.550 e. The molecule has 0 saturated carbocycles. The number of hydrogen-bond donors (Lipinski definition) is 0. The Kier molecular flexibility index (Phi) is 4.35. The zero-order valence-corrected chi connectivity index (χ0v) is 15.7. The summed E-state index contributed by atoms with van der Waals surface area (Å²) in [5, 5.41) is 15.4. The van der Waals surface area contributed by atoms with Crippen LogP contribution in [0.15, 0.2) is 45.3 Å². The van der Waals surface area contributed by atoms with Gasteiger partial charge in [0.05, 0.1) is 0 Å². The average Bonchev–Trinajstić information content (AvgIpc) is 3.32. The molecule has 0 bridgehead atoms. The van der Waals surface area contributed by atoms with Gasteiger partial charge in [-0.1, -0.05) is 17.3 Å². The molecule has 142 valence electrons. The van der Waals surface area contributed by atoms with E-state index in [-0.39, 0.29) is 12.3 Å². The number of nitrogens with zero attached hydrogens (tertiary/aromatic N) is 3. The van der Waals surface area contributed by atoms with Gasteiger partial charge in [0.2, 0.25) is 5.89 Å². The van der Waals surface area contributed by atoms with Crippen LogP contribution in [0.1, 0.15) is 35.0 Å². The van der Waals surface area contributed by atoms with Crippen molar-refractivity contribution in [1.82, 2.24) is 14.7 Å². The number of para-hydroxylation sites is 2. The number of rotatable bonds is 5. The Labute approximate surface area is 160 Å². The molecule has 0 unspecified atom stereocenters. The Hall–Kier alpha value is -3.61. The summed E-state index contributed by atoms with van der Waals surface area (Å²) in [6.07, 6.45) is 1.46. The normalized spacial score (nSPS) is 12.0. The van der Waals surface area contributed by atoms with E-state index in [4.69, 9.17) is 8.94 Å². The minimum absolute atomic E-state index is 0.271. The van der Waals surface area contributed by atoms with E-state index in [9.17, 15) is 9.90 Å². The number of hydrogen-bond acceptors (Lipinski definition) is 6. The maximum absolute atomic E-state index is 11.3. The lowest BCUT2D eigenvalue weighted by molar-refractivity contribution is -0.304. The molecule has 28 heavy (non-hydrogen) atoms. The van der Waals surface area contributed by atoms with Gasteiger partial charge in [-0.25, -0.2) is 4.98 Å².